The molecule has 2 aromatic carbocycles. The number of nitrogens with zero attached hydrogens (tertiary/aromatic N) is 1. The Morgan fingerprint density at radius 2 is 1.89 bits per heavy atom. The van der Waals surface area contributed by atoms with Crippen LogP contribution in [0.4, 0.5) is 5.69 Å². The predicted molar refractivity (Wildman–Crippen MR) is 118 cm³/mol. The topological polar surface area (TPSA) is 66.5 Å². The van der Waals surface area contributed by atoms with Crippen molar-refractivity contribution < 1.29 is 13.2 Å². The number of rotatable bonds is 8. The number of sulfonamides is 1. The molecule has 0 heterocycles. The maximum atomic E-state index is 12.7. The Bertz CT molecular complexity index is 942. The van der Waals surface area contributed by atoms with Crippen molar-refractivity contribution in [2.75, 3.05) is 23.4 Å². The molecular weight excluding hydrogens is 392 g/mol. The average Bonchev–Trinajstić information content (AvgIpc) is 2.63. The van der Waals surface area contributed by atoms with Gasteiger partial charge < -0.3 is 5.32 Å². The molecule has 152 valence electrons. The molecule has 0 bridgehead atoms. The highest BCUT2D eigenvalue weighted by atomic mass is 32.2. The second-order valence-corrected chi connectivity index (χ2v) is 9.65. The van der Waals surface area contributed by atoms with E-state index in [1.165, 1.54) is 17.3 Å². The molecule has 7 heteroatoms. The van der Waals surface area contributed by atoms with Gasteiger partial charge >= 0.3 is 0 Å². The summed E-state index contributed by atoms with van der Waals surface area (Å²) in [6.45, 7) is 5.80. The average molecular weight is 421 g/mol. The fraction of sp³-hybridized carbons (Fsp3) is 0.381. The third-order valence-corrected chi connectivity index (χ3v) is 6.44. The number of hydrogen-bond acceptors (Lipinski definition) is 4. The highest BCUT2D eigenvalue weighted by Crippen LogP contribution is 2.25. The monoisotopic (exact) mass is 420 g/mol. The lowest BCUT2D eigenvalue weighted by molar-refractivity contribution is -0.120. The second kappa shape index (κ2) is 9.47. The lowest BCUT2D eigenvalue weighted by Gasteiger charge is -2.25. The fourth-order valence-electron chi connectivity index (χ4n) is 3.15. The summed E-state index contributed by atoms with van der Waals surface area (Å²) in [5.41, 5.74) is 3.82. The minimum absolute atomic E-state index is 0.160. The molecule has 1 atom stereocenters. The normalized spacial score (nSPS) is 12.5. The molecule has 0 saturated carbocycles. The zero-order chi connectivity index (χ0) is 20.9. The molecule has 0 aliphatic rings. The zero-order valence-corrected chi connectivity index (χ0v) is 18.7. The molecule has 0 unspecified atom stereocenters. The van der Waals surface area contributed by atoms with Gasteiger partial charge in [0.2, 0.25) is 15.9 Å². The first-order valence-electron chi connectivity index (χ1n) is 9.14. The number of aryl methyl sites for hydroxylation is 2. The highest BCUT2D eigenvalue weighted by Gasteiger charge is 2.23. The van der Waals surface area contributed by atoms with Crippen molar-refractivity contribution in [3.63, 3.8) is 0 Å². The Labute approximate surface area is 172 Å². The van der Waals surface area contributed by atoms with Gasteiger partial charge in [0.05, 0.1) is 18.0 Å². The zero-order valence-electron chi connectivity index (χ0n) is 17.0. The van der Waals surface area contributed by atoms with Gasteiger partial charge in [0, 0.05) is 4.90 Å². The second-order valence-electron chi connectivity index (χ2n) is 6.86. The predicted octanol–water partition coefficient (Wildman–Crippen LogP) is 4.06. The van der Waals surface area contributed by atoms with Gasteiger partial charge in [-0.25, -0.2) is 8.42 Å². The van der Waals surface area contributed by atoms with Crippen LogP contribution in [0, 0.1) is 13.8 Å². The van der Waals surface area contributed by atoms with Crippen molar-refractivity contribution in [2.45, 2.75) is 38.1 Å². The van der Waals surface area contributed by atoms with Crippen LogP contribution in [-0.2, 0) is 14.8 Å². The summed E-state index contributed by atoms with van der Waals surface area (Å²) in [7, 11) is -3.60. The van der Waals surface area contributed by atoms with Crippen molar-refractivity contribution in [3.8, 4) is 0 Å². The molecule has 0 spiro atoms. The number of nitrogens with one attached hydrogen (secondary N) is 1. The van der Waals surface area contributed by atoms with E-state index in [2.05, 4.69) is 11.4 Å². The number of carbonyl (C=O) groups is 1. The van der Waals surface area contributed by atoms with Crippen molar-refractivity contribution in [2.24, 2.45) is 0 Å². The summed E-state index contributed by atoms with van der Waals surface area (Å²) in [6, 6.07) is 13.1. The molecule has 1 amide bonds. The van der Waals surface area contributed by atoms with E-state index in [0.717, 1.165) is 33.0 Å². The maximum absolute atomic E-state index is 12.7. The largest absolute Gasteiger partial charge is 0.348 e. The minimum atomic E-state index is -3.60. The summed E-state index contributed by atoms with van der Waals surface area (Å²) in [4.78, 5) is 13.7. The van der Waals surface area contributed by atoms with Crippen LogP contribution in [0.1, 0.15) is 36.1 Å². The summed E-state index contributed by atoms with van der Waals surface area (Å²) >= 11 is 1.52. The highest BCUT2D eigenvalue weighted by molar-refractivity contribution is 7.98. The summed E-state index contributed by atoms with van der Waals surface area (Å²) in [6.07, 6.45) is 3.76. The Morgan fingerprint density at radius 1 is 1.18 bits per heavy atom. The Kier molecular flexibility index (Phi) is 7.55. The van der Waals surface area contributed by atoms with Crippen LogP contribution >= 0.6 is 11.8 Å². The first-order chi connectivity index (χ1) is 13.2. The number of thioether (sulfide) groups is 1. The van der Waals surface area contributed by atoms with Crippen LogP contribution in [0.2, 0.25) is 0 Å². The Hall–Kier alpha value is -1.99. The van der Waals surface area contributed by atoms with E-state index in [1.807, 2.05) is 45.2 Å². The summed E-state index contributed by atoms with van der Waals surface area (Å²) < 4.78 is 25.8. The Balaban J connectivity index is 2.23. The lowest BCUT2D eigenvalue weighted by atomic mass is 9.97. The van der Waals surface area contributed by atoms with Gasteiger partial charge in [-0.2, -0.15) is 0 Å². The van der Waals surface area contributed by atoms with E-state index in [1.54, 1.807) is 18.2 Å². The van der Waals surface area contributed by atoms with Gasteiger partial charge in [0.1, 0.15) is 6.54 Å². The van der Waals surface area contributed by atoms with Gasteiger partial charge in [0.15, 0.2) is 0 Å². The van der Waals surface area contributed by atoms with Crippen molar-refractivity contribution in [1.29, 1.82) is 0 Å². The third kappa shape index (κ3) is 5.75. The summed E-state index contributed by atoms with van der Waals surface area (Å²) in [5, 5.41) is 2.99. The fourth-order valence-corrected chi connectivity index (χ4v) is 4.45. The lowest BCUT2D eigenvalue weighted by Crippen LogP contribution is -2.41. The molecule has 0 aromatic heterocycles. The standard InChI is InChI=1S/C21H28N2O3S2/c1-6-20(19-11-10-15(2)12-16(19)3)22-21(24)14-23(28(5,25)26)17-8-7-9-18(13-17)27-4/h7-13,20H,6,14H2,1-5H3,(H,22,24)/t20-/m1/s1. The van der Waals surface area contributed by atoms with Gasteiger partial charge in [-0.1, -0.05) is 36.8 Å². The Morgan fingerprint density at radius 3 is 2.46 bits per heavy atom. The molecule has 0 radical (unpaired) electrons. The molecule has 2 aromatic rings. The molecule has 28 heavy (non-hydrogen) atoms. The van der Waals surface area contributed by atoms with Gasteiger partial charge in [-0.3, -0.25) is 9.10 Å². The summed E-state index contributed by atoms with van der Waals surface area (Å²) in [5.74, 6) is -0.327. The number of hydrogen-bond donors (Lipinski definition) is 1. The number of benzene rings is 2. The van der Waals surface area contributed by atoms with E-state index in [9.17, 15) is 13.2 Å². The maximum Gasteiger partial charge on any atom is 0.241 e. The van der Waals surface area contributed by atoms with Crippen molar-refractivity contribution in [3.05, 3.63) is 59.2 Å². The molecule has 0 fully saturated rings. The molecule has 0 aliphatic heterocycles. The van der Waals surface area contributed by atoms with Crippen molar-refractivity contribution >= 4 is 33.4 Å². The minimum Gasteiger partial charge on any atom is -0.348 e. The van der Waals surface area contributed by atoms with Crippen LogP contribution < -0.4 is 9.62 Å². The molecule has 2 rings (SSSR count). The van der Waals surface area contributed by atoms with Crippen LogP contribution in [0.5, 0.6) is 0 Å². The molecule has 0 aliphatic carbocycles. The first-order valence-corrected chi connectivity index (χ1v) is 12.2. The van der Waals surface area contributed by atoms with Crippen LogP contribution in [0.25, 0.3) is 0 Å². The number of anilines is 1. The van der Waals surface area contributed by atoms with Gasteiger partial charge in [0.25, 0.3) is 0 Å². The first kappa shape index (κ1) is 22.3. The smallest absolute Gasteiger partial charge is 0.241 e. The van der Waals surface area contributed by atoms with E-state index in [0.29, 0.717) is 5.69 Å². The van der Waals surface area contributed by atoms with Crippen LogP contribution in [0.3, 0.4) is 0 Å². The van der Waals surface area contributed by atoms with Gasteiger partial charge in [-0.15, -0.1) is 11.8 Å². The third-order valence-electron chi connectivity index (χ3n) is 4.57. The quantitative estimate of drug-likeness (QED) is 0.654. The molecule has 0 saturated heterocycles. The van der Waals surface area contributed by atoms with Crippen molar-refractivity contribution in [1.82, 2.24) is 5.32 Å². The molecular formula is C21H28N2O3S2. The number of carbonyl (C=O) groups excluding carboxylic acids is 1. The molecule has 5 nitrogen and oxygen atoms in total. The van der Waals surface area contributed by atoms with E-state index < -0.39 is 10.0 Å². The molecule has 1 N–H and O–H groups in total. The van der Waals surface area contributed by atoms with E-state index in [4.69, 9.17) is 0 Å². The van der Waals surface area contributed by atoms with Gasteiger partial charge in [-0.05, 0) is 55.9 Å². The van der Waals surface area contributed by atoms with Crippen LogP contribution in [0.15, 0.2) is 47.4 Å². The van der Waals surface area contributed by atoms with Crippen LogP contribution in [-0.4, -0.2) is 33.4 Å². The SMILES string of the molecule is CC[C@@H](NC(=O)CN(c1cccc(SC)c1)S(C)(=O)=O)c1ccc(C)cc1C. The van der Waals surface area contributed by atoms with E-state index in [-0.39, 0.29) is 18.5 Å². The van der Waals surface area contributed by atoms with E-state index >= 15 is 0 Å². The number of amides is 1.